The molecular weight excluding hydrogens is 330 g/mol. The number of aryl methyl sites for hydroxylation is 1. The Morgan fingerprint density at radius 2 is 1.96 bits per heavy atom. The summed E-state index contributed by atoms with van der Waals surface area (Å²) in [6.07, 6.45) is 5.13. The molecule has 0 bridgehead atoms. The van der Waals surface area contributed by atoms with Gasteiger partial charge in [-0.05, 0) is 19.1 Å². The summed E-state index contributed by atoms with van der Waals surface area (Å²) in [6, 6.07) is 14.7. The van der Waals surface area contributed by atoms with E-state index in [-0.39, 0.29) is 11.6 Å². The molecular formula is C19H15N5O2. The van der Waals surface area contributed by atoms with Gasteiger partial charge in [0.25, 0.3) is 5.91 Å². The summed E-state index contributed by atoms with van der Waals surface area (Å²) >= 11 is 0. The van der Waals surface area contributed by atoms with Gasteiger partial charge < -0.3 is 9.84 Å². The second kappa shape index (κ2) is 6.64. The first-order chi connectivity index (χ1) is 12.7. The summed E-state index contributed by atoms with van der Waals surface area (Å²) < 4.78 is 7.11. The van der Waals surface area contributed by atoms with Crippen LogP contribution in [0.2, 0.25) is 0 Å². The lowest BCUT2D eigenvalue weighted by Crippen LogP contribution is -2.12. The van der Waals surface area contributed by atoms with Crippen LogP contribution in [0.15, 0.2) is 71.6 Å². The van der Waals surface area contributed by atoms with Crippen LogP contribution in [-0.4, -0.2) is 25.6 Å². The highest BCUT2D eigenvalue weighted by Crippen LogP contribution is 2.20. The second-order valence-corrected chi connectivity index (χ2v) is 5.65. The van der Waals surface area contributed by atoms with Gasteiger partial charge in [0.2, 0.25) is 0 Å². The Morgan fingerprint density at radius 1 is 1.12 bits per heavy atom. The minimum absolute atomic E-state index is 0.207. The van der Waals surface area contributed by atoms with Crippen LogP contribution in [0.3, 0.4) is 0 Å². The molecule has 3 aromatic heterocycles. The zero-order valence-corrected chi connectivity index (χ0v) is 14.0. The number of anilines is 1. The molecule has 128 valence electrons. The Bertz CT molecular complexity index is 1040. The molecule has 0 atom stereocenters. The molecule has 4 rings (SSSR count). The van der Waals surface area contributed by atoms with E-state index in [1.807, 2.05) is 54.1 Å². The van der Waals surface area contributed by atoms with Crippen LogP contribution >= 0.6 is 0 Å². The van der Waals surface area contributed by atoms with E-state index in [1.54, 1.807) is 24.5 Å². The fourth-order valence-electron chi connectivity index (χ4n) is 2.54. The number of benzene rings is 1. The van der Waals surface area contributed by atoms with E-state index in [2.05, 4.69) is 20.4 Å². The topological polar surface area (TPSA) is 85.8 Å². The van der Waals surface area contributed by atoms with Crippen molar-refractivity contribution in [3.8, 4) is 17.1 Å². The number of imidazole rings is 1. The van der Waals surface area contributed by atoms with Crippen molar-refractivity contribution >= 4 is 11.6 Å². The highest BCUT2D eigenvalue weighted by atomic mass is 16.5. The third kappa shape index (κ3) is 3.10. The van der Waals surface area contributed by atoms with E-state index in [0.29, 0.717) is 11.4 Å². The summed E-state index contributed by atoms with van der Waals surface area (Å²) in [7, 11) is 0. The van der Waals surface area contributed by atoms with Crippen molar-refractivity contribution in [3.05, 3.63) is 78.6 Å². The van der Waals surface area contributed by atoms with Gasteiger partial charge in [-0.1, -0.05) is 35.5 Å². The smallest absolute Gasteiger partial charge is 0.277 e. The van der Waals surface area contributed by atoms with E-state index in [1.165, 1.54) is 0 Å². The van der Waals surface area contributed by atoms with Gasteiger partial charge >= 0.3 is 0 Å². The Labute approximate surface area is 149 Å². The number of carbonyl (C=O) groups is 1. The zero-order chi connectivity index (χ0) is 17.9. The molecule has 1 amide bonds. The summed E-state index contributed by atoms with van der Waals surface area (Å²) in [5.41, 5.74) is 1.64. The molecule has 0 saturated carbocycles. The van der Waals surface area contributed by atoms with Crippen LogP contribution in [-0.2, 0) is 0 Å². The summed E-state index contributed by atoms with van der Waals surface area (Å²) in [4.78, 5) is 20.9. The fraction of sp³-hybridized carbons (Fsp3) is 0.0526. The zero-order valence-electron chi connectivity index (χ0n) is 14.0. The Morgan fingerprint density at radius 3 is 2.65 bits per heavy atom. The van der Waals surface area contributed by atoms with E-state index in [0.717, 1.165) is 17.2 Å². The van der Waals surface area contributed by atoms with Crippen LogP contribution < -0.4 is 5.32 Å². The van der Waals surface area contributed by atoms with Crippen molar-refractivity contribution in [1.82, 2.24) is 19.7 Å². The van der Waals surface area contributed by atoms with Crippen LogP contribution in [0.1, 0.15) is 16.3 Å². The summed E-state index contributed by atoms with van der Waals surface area (Å²) in [5, 5.41) is 6.60. The number of hydrogen-bond acceptors (Lipinski definition) is 5. The average Bonchev–Trinajstić information content (AvgIpc) is 3.32. The molecule has 0 aliphatic rings. The normalized spacial score (nSPS) is 10.7. The van der Waals surface area contributed by atoms with E-state index >= 15 is 0 Å². The lowest BCUT2D eigenvalue weighted by atomic mass is 10.1. The maximum Gasteiger partial charge on any atom is 0.277 e. The third-order valence-corrected chi connectivity index (χ3v) is 3.88. The molecule has 0 spiro atoms. The summed E-state index contributed by atoms with van der Waals surface area (Å²) in [6.45, 7) is 1.90. The lowest BCUT2D eigenvalue weighted by molar-refractivity contribution is 0.101. The van der Waals surface area contributed by atoms with Gasteiger partial charge in [-0.15, -0.1) is 0 Å². The second-order valence-electron chi connectivity index (χ2n) is 5.65. The van der Waals surface area contributed by atoms with Crippen molar-refractivity contribution in [2.75, 3.05) is 5.32 Å². The number of nitrogens with zero attached hydrogens (tertiary/aromatic N) is 4. The van der Waals surface area contributed by atoms with Crippen molar-refractivity contribution in [2.45, 2.75) is 6.92 Å². The minimum Gasteiger partial charge on any atom is -0.355 e. The first kappa shape index (κ1) is 15.8. The number of nitrogens with one attached hydrogen (secondary N) is 1. The summed E-state index contributed by atoms with van der Waals surface area (Å²) in [5.74, 6) is 1.75. The SMILES string of the molecule is Cc1nccn1-c1ccc(NC(=O)c2cc(-c3ccccc3)on2)cn1. The van der Waals surface area contributed by atoms with Gasteiger partial charge in [-0.3, -0.25) is 9.36 Å². The standard InChI is InChI=1S/C19H15N5O2/c1-13-20-9-10-24(13)18-8-7-15(12-21-18)22-19(25)16-11-17(26-23-16)14-5-3-2-4-6-14/h2-12H,1H3,(H,22,25). The minimum atomic E-state index is -0.357. The predicted octanol–water partition coefficient (Wildman–Crippen LogP) is 3.48. The number of hydrogen-bond donors (Lipinski definition) is 1. The molecule has 0 saturated heterocycles. The molecule has 7 heteroatoms. The van der Waals surface area contributed by atoms with E-state index in [9.17, 15) is 4.79 Å². The van der Waals surface area contributed by atoms with Gasteiger partial charge in [0.15, 0.2) is 11.5 Å². The number of rotatable bonds is 4. The maximum atomic E-state index is 12.3. The van der Waals surface area contributed by atoms with Crippen LogP contribution in [0.5, 0.6) is 0 Å². The van der Waals surface area contributed by atoms with Gasteiger partial charge in [-0.2, -0.15) is 0 Å². The van der Waals surface area contributed by atoms with Crippen LogP contribution in [0.4, 0.5) is 5.69 Å². The fourth-order valence-corrected chi connectivity index (χ4v) is 2.54. The molecule has 0 aliphatic carbocycles. The number of pyridine rings is 1. The van der Waals surface area contributed by atoms with E-state index < -0.39 is 0 Å². The number of aromatic nitrogens is 4. The van der Waals surface area contributed by atoms with Gasteiger partial charge in [-0.25, -0.2) is 9.97 Å². The predicted molar refractivity (Wildman–Crippen MR) is 96.0 cm³/mol. The van der Waals surface area contributed by atoms with Crippen molar-refractivity contribution in [2.24, 2.45) is 0 Å². The molecule has 0 aliphatic heterocycles. The molecule has 1 aromatic carbocycles. The highest BCUT2D eigenvalue weighted by Gasteiger charge is 2.14. The van der Waals surface area contributed by atoms with E-state index in [4.69, 9.17) is 4.52 Å². The molecule has 4 aromatic rings. The highest BCUT2D eigenvalue weighted by molar-refractivity contribution is 6.03. The first-order valence-electron chi connectivity index (χ1n) is 8.00. The van der Waals surface area contributed by atoms with Gasteiger partial charge in [0.1, 0.15) is 11.6 Å². The Balaban J connectivity index is 1.48. The Kier molecular flexibility index (Phi) is 4.03. The molecule has 0 unspecified atom stereocenters. The number of carbonyl (C=O) groups excluding carboxylic acids is 1. The van der Waals surface area contributed by atoms with Crippen molar-refractivity contribution in [1.29, 1.82) is 0 Å². The van der Waals surface area contributed by atoms with Gasteiger partial charge in [0.05, 0.1) is 11.9 Å². The third-order valence-electron chi connectivity index (χ3n) is 3.88. The maximum absolute atomic E-state index is 12.3. The Hall–Kier alpha value is -3.74. The van der Waals surface area contributed by atoms with Crippen molar-refractivity contribution in [3.63, 3.8) is 0 Å². The number of amides is 1. The molecule has 0 fully saturated rings. The monoisotopic (exact) mass is 345 g/mol. The van der Waals surface area contributed by atoms with Crippen LogP contribution in [0, 0.1) is 6.92 Å². The molecule has 26 heavy (non-hydrogen) atoms. The molecule has 1 N–H and O–H groups in total. The first-order valence-corrected chi connectivity index (χ1v) is 8.00. The quantitative estimate of drug-likeness (QED) is 0.612. The van der Waals surface area contributed by atoms with Crippen LogP contribution in [0.25, 0.3) is 17.1 Å². The molecule has 3 heterocycles. The molecule has 0 radical (unpaired) electrons. The largest absolute Gasteiger partial charge is 0.355 e. The lowest BCUT2D eigenvalue weighted by Gasteiger charge is -2.06. The van der Waals surface area contributed by atoms with Gasteiger partial charge in [0, 0.05) is 24.0 Å². The average molecular weight is 345 g/mol. The van der Waals surface area contributed by atoms with Crippen molar-refractivity contribution < 1.29 is 9.32 Å². The molecule has 7 nitrogen and oxygen atoms in total.